The smallest absolute Gasteiger partial charge is 0.239 e. The Bertz CT molecular complexity index is 500. The second-order valence-corrected chi connectivity index (χ2v) is 6.58. The molecule has 1 fully saturated rings. The molecule has 2 unspecified atom stereocenters. The molecular weight excluding hydrogens is 298 g/mol. The molecule has 1 aliphatic heterocycles. The zero-order valence-corrected chi connectivity index (χ0v) is 14.2. The monoisotopic (exact) mass is 323 g/mol. The first-order valence-electron chi connectivity index (χ1n) is 8.02. The summed E-state index contributed by atoms with van der Waals surface area (Å²) >= 11 is 6.02. The van der Waals surface area contributed by atoms with Crippen LogP contribution in [0.4, 0.5) is 0 Å². The summed E-state index contributed by atoms with van der Waals surface area (Å²) < 4.78 is 0. The number of hydrogen-bond acceptors (Lipinski definition) is 3. The van der Waals surface area contributed by atoms with E-state index in [-0.39, 0.29) is 17.9 Å². The Labute approximate surface area is 138 Å². The highest BCUT2D eigenvalue weighted by Gasteiger charge is 2.27. The Kier molecular flexibility index (Phi) is 6.24. The van der Waals surface area contributed by atoms with Gasteiger partial charge in [-0.2, -0.15) is 0 Å². The first-order chi connectivity index (χ1) is 10.5. The number of nitrogens with zero attached hydrogens (tertiary/aromatic N) is 2. The third kappa shape index (κ3) is 4.45. The molecule has 0 saturated carbocycles. The van der Waals surface area contributed by atoms with Crippen molar-refractivity contribution in [2.75, 3.05) is 26.2 Å². The number of piperazine rings is 1. The van der Waals surface area contributed by atoms with E-state index in [1.165, 1.54) is 5.56 Å². The van der Waals surface area contributed by atoms with E-state index in [2.05, 4.69) is 17.9 Å². The minimum absolute atomic E-state index is 0.0942. The Morgan fingerprint density at radius 2 is 2.00 bits per heavy atom. The Morgan fingerprint density at radius 1 is 1.32 bits per heavy atom. The largest absolute Gasteiger partial charge is 0.339 e. The minimum Gasteiger partial charge on any atom is -0.339 e. The fourth-order valence-electron chi connectivity index (χ4n) is 2.73. The summed E-state index contributed by atoms with van der Waals surface area (Å²) in [6.07, 6.45) is 0.932. The number of nitrogens with two attached hydrogens (primary N) is 1. The minimum atomic E-state index is -0.371. The summed E-state index contributed by atoms with van der Waals surface area (Å²) in [4.78, 5) is 16.6. The molecule has 2 rings (SSSR count). The zero-order chi connectivity index (χ0) is 16.1. The van der Waals surface area contributed by atoms with E-state index in [9.17, 15) is 4.79 Å². The van der Waals surface area contributed by atoms with Crippen LogP contribution < -0.4 is 5.73 Å². The lowest BCUT2D eigenvalue weighted by molar-refractivity contribution is -0.135. The van der Waals surface area contributed by atoms with Crippen LogP contribution in [0.1, 0.15) is 25.8 Å². The average Bonchev–Trinajstić information content (AvgIpc) is 2.53. The number of amides is 1. The second-order valence-electron chi connectivity index (χ2n) is 6.14. The topological polar surface area (TPSA) is 49.6 Å². The number of hydrogen-bond donors (Lipinski definition) is 1. The Hall–Kier alpha value is -1.10. The van der Waals surface area contributed by atoms with Gasteiger partial charge < -0.3 is 10.6 Å². The maximum Gasteiger partial charge on any atom is 0.239 e. The van der Waals surface area contributed by atoms with Crippen LogP contribution in [-0.4, -0.2) is 47.9 Å². The number of carbonyl (C=O) groups excluding carboxylic acids is 1. The van der Waals surface area contributed by atoms with Gasteiger partial charge in [0.15, 0.2) is 0 Å². The van der Waals surface area contributed by atoms with Gasteiger partial charge in [0.1, 0.15) is 0 Å². The summed E-state index contributed by atoms with van der Waals surface area (Å²) in [5.74, 6) is 0.328. The van der Waals surface area contributed by atoms with E-state index >= 15 is 0 Å². The molecule has 0 spiro atoms. The zero-order valence-electron chi connectivity index (χ0n) is 13.5. The molecule has 1 heterocycles. The highest BCUT2D eigenvalue weighted by molar-refractivity contribution is 6.30. The quantitative estimate of drug-likeness (QED) is 0.905. The lowest BCUT2D eigenvalue weighted by Gasteiger charge is -2.36. The van der Waals surface area contributed by atoms with Gasteiger partial charge in [-0.15, -0.1) is 0 Å². The van der Waals surface area contributed by atoms with Crippen molar-refractivity contribution in [3.8, 4) is 0 Å². The van der Waals surface area contributed by atoms with Gasteiger partial charge in [-0.1, -0.05) is 44.0 Å². The molecule has 1 saturated heterocycles. The fraction of sp³-hybridized carbons (Fsp3) is 0.588. The van der Waals surface area contributed by atoms with Gasteiger partial charge in [-0.3, -0.25) is 9.69 Å². The van der Waals surface area contributed by atoms with Gasteiger partial charge in [0.25, 0.3) is 0 Å². The first kappa shape index (κ1) is 17.3. The van der Waals surface area contributed by atoms with Gasteiger partial charge in [0.05, 0.1) is 6.04 Å². The predicted octanol–water partition coefficient (Wildman–Crippen LogP) is 2.36. The summed E-state index contributed by atoms with van der Waals surface area (Å²) in [7, 11) is 0. The van der Waals surface area contributed by atoms with Crippen molar-refractivity contribution in [1.82, 2.24) is 9.80 Å². The molecule has 122 valence electrons. The van der Waals surface area contributed by atoms with Crippen LogP contribution in [-0.2, 0) is 11.3 Å². The van der Waals surface area contributed by atoms with Gasteiger partial charge in [-0.25, -0.2) is 0 Å². The normalized spacial score (nSPS) is 19.0. The van der Waals surface area contributed by atoms with Crippen molar-refractivity contribution in [2.45, 2.75) is 32.9 Å². The van der Waals surface area contributed by atoms with Gasteiger partial charge in [-0.05, 0) is 23.6 Å². The predicted molar refractivity (Wildman–Crippen MR) is 90.7 cm³/mol. The van der Waals surface area contributed by atoms with Gasteiger partial charge in [0, 0.05) is 37.7 Å². The van der Waals surface area contributed by atoms with E-state index < -0.39 is 0 Å². The molecule has 0 radical (unpaired) electrons. The highest BCUT2D eigenvalue weighted by atomic mass is 35.5. The van der Waals surface area contributed by atoms with E-state index in [0.29, 0.717) is 0 Å². The van der Waals surface area contributed by atoms with Crippen LogP contribution in [0.15, 0.2) is 24.3 Å². The molecule has 1 aliphatic rings. The SMILES string of the molecule is CCC(C)C(N)C(=O)N1CCN(Cc2cccc(Cl)c2)CC1. The number of benzene rings is 1. The third-order valence-electron chi connectivity index (χ3n) is 4.52. The average molecular weight is 324 g/mol. The van der Waals surface area contributed by atoms with Crippen LogP contribution in [0.5, 0.6) is 0 Å². The second kappa shape index (κ2) is 7.95. The first-order valence-corrected chi connectivity index (χ1v) is 8.40. The van der Waals surface area contributed by atoms with Crippen LogP contribution in [0.2, 0.25) is 5.02 Å². The van der Waals surface area contributed by atoms with Crippen LogP contribution in [0.3, 0.4) is 0 Å². The molecular formula is C17H26ClN3O. The Morgan fingerprint density at radius 3 is 2.59 bits per heavy atom. The molecule has 0 aliphatic carbocycles. The van der Waals surface area contributed by atoms with Crippen molar-refractivity contribution in [2.24, 2.45) is 11.7 Å². The lowest BCUT2D eigenvalue weighted by atomic mass is 9.98. The molecule has 1 amide bonds. The highest BCUT2D eigenvalue weighted by Crippen LogP contribution is 2.15. The summed E-state index contributed by atoms with van der Waals surface area (Å²) in [5.41, 5.74) is 7.27. The van der Waals surface area contributed by atoms with Crippen LogP contribution in [0.25, 0.3) is 0 Å². The van der Waals surface area contributed by atoms with Crippen molar-refractivity contribution < 1.29 is 4.79 Å². The Balaban J connectivity index is 1.84. The van der Waals surface area contributed by atoms with Crippen molar-refractivity contribution in [1.29, 1.82) is 0 Å². The number of halogens is 1. The standard InChI is InChI=1S/C17H26ClN3O/c1-3-13(2)16(19)17(22)21-9-7-20(8-10-21)12-14-5-4-6-15(18)11-14/h4-6,11,13,16H,3,7-10,12,19H2,1-2H3. The third-order valence-corrected chi connectivity index (χ3v) is 4.76. The summed E-state index contributed by atoms with van der Waals surface area (Å²) in [5, 5.41) is 0.769. The van der Waals surface area contributed by atoms with Crippen LogP contribution in [0, 0.1) is 5.92 Å². The molecule has 2 atom stereocenters. The van der Waals surface area contributed by atoms with E-state index in [4.69, 9.17) is 17.3 Å². The maximum absolute atomic E-state index is 12.4. The molecule has 1 aromatic carbocycles. The number of rotatable bonds is 5. The molecule has 5 heteroatoms. The molecule has 1 aromatic rings. The fourth-order valence-corrected chi connectivity index (χ4v) is 2.94. The van der Waals surface area contributed by atoms with Gasteiger partial charge >= 0.3 is 0 Å². The van der Waals surface area contributed by atoms with E-state index in [1.807, 2.05) is 30.0 Å². The van der Waals surface area contributed by atoms with E-state index in [0.717, 1.165) is 44.2 Å². The molecule has 0 bridgehead atoms. The van der Waals surface area contributed by atoms with Crippen molar-refractivity contribution >= 4 is 17.5 Å². The van der Waals surface area contributed by atoms with E-state index in [1.54, 1.807) is 0 Å². The molecule has 22 heavy (non-hydrogen) atoms. The van der Waals surface area contributed by atoms with Crippen LogP contribution >= 0.6 is 11.6 Å². The molecule has 2 N–H and O–H groups in total. The lowest BCUT2D eigenvalue weighted by Crippen LogP contribution is -2.54. The molecule has 4 nitrogen and oxygen atoms in total. The van der Waals surface area contributed by atoms with Crippen molar-refractivity contribution in [3.63, 3.8) is 0 Å². The number of carbonyl (C=O) groups is 1. The van der Waals surface area contributed by atoms with Gasteiger partial charge in [0.2, 0.25) is 5.91 Å². The summed E-state index contributed by atoms with van der Waals surface area (Å²) in [6, 6.07) is 7.57. The van der Waals surface area contributed by atoms with Crippen molar-refractivity contribution in [3.05, 3.63) is 34.9 Å². The maximum atomic E-state index is 12.4. The summed E-state index contributed by atoms with van der Waals surface area (Å²) in [6.45, 7) is 8.25. The molecule has 0 aromatic heterocycles.